The third kappa shape index (κ3) is 5.30. The van der Waals surface area contributed by atoms with Crippen molar-refractivity contribution in [3.05, 3.63) is 58.6 Å². The summed E-state index contributed by atoms with van der Waals surface area (Å²) in [5.74, 6) is -2.09. The molecule has 0 aromatic heterocycles. The maximum absolute atomic E-state index is 13.0. The summed E-state index contributed by atoms with van der Waals surface area (Å²) in [5, 5.41) is 0. The number of nitrogens with one attached hydrogen (secondary N) is 1. The van der Waals surface area contributed by atoms with Crippen LogP contribution in [-0.2, 0) is 10.0 Å². The molecule has 1 aliphatic heterocycles. The molecule has 1 saturated heterocycles. The highest BCUT2D eigenvalue weighted by molar-refractivity contribution is 9.10. The van der Waals surface area contributed by atoms with Gasteiger partial charge in [-0.05, 0) is 55.3 Å². The largest absolute Gasteiger partial charge is 0.393 e. The van der Waals surface area contributed by atoms with Gasteiger partial charge in [0.05, 0.1) is 10.8 Å². The lowest BCUT2D eigenvalue weighted by molar-refractivity contribution is -0.184. The summed E-state index contributed by atoms with van der Waals surface area (Å²) in [4.78, 5) is 13.9. The summed E-state index contributed by atoms with van der Waals surface area (Å²) >= 11 is 3.23. The Bertz CT molecular complexity index is 995. The zero-order chi connectivity index (χ0) is 21.2. The normalized spacial score (nSPS) is 17.8. The number of carbonyl (C=O) groups excluding carboxylic acids is 1. The van der Waals surface area contributed by atoms with E-state index in [4.69, 9.17) is 0 Å². The Morgan fingerprint density at radius 3 is 2.48 bits per heavy atom. The highest BCUT2D eigenvalue weighted by Gasteiger charge is 2.42. The average Bonchev–Trinajstić information content (AvgIpc) is 2.67. The van der Waals surface area contributed by atoms with Gasteiger partial charge in [0.2, 0.25) is 0 Å². The molecule has 1 N–H and O–H groups in total. The van der Waals surface area contributed by atoms with Gasteiger partial charge in [-0.15, -0.1) is 0 Å². The highest BCUT2D eigenvalue weighted by atomic mass is 79.9. The van der Waals surface area contributed by atoms with E-state index >= 15 is 0 Å². The molecule has 1 aliphatic rings. The maximum atomic E-state index is 13.0. The lowest BCUT2D eigenvalue weighted by Crippen LogP contribution is -2.44. The van der Waals surface area contributed by atoms with Crippen LogP contribution in [0, 0.1) is 5.92 Å². The van der Waals surface area contributed by atoms with E-state index < -0.39 is 34.6 Å². The van der Waals surface area contributed by atoms with E-state index in [0.29, 0.717) is 0 Å². The number of likely N-dealkylation sites (tertiary alicyclic amines) is 1. The molecule has 1 heterocycles. The van der Waals surface area contributed by atoms with Crippen molar-refractivity contribution in [1.82, 2.24) is 4.90 Å². The second kappa shape index (κ2) is 8.35. The van der Waals surface area contributed by atoms with Gasteiger partial charge in [0.15, 0.2) is 0 Å². The van der Waals surface area contributed by atoms with E-state index in [-0.39, 0.29) is 35.5 Å². The molecule has 0 aliphatic carbocycles. The van der Waals surface area contributed by atoms with Gasteiger partial charge in [-0.1, -0.05) is 22.0 Å². The van der Waals surface area contributed by atoms with Crippen molar-refractivity contribution >= 4 is 37.5 Å². The van der Waals surface area contributed by atoms with Crippen molar-refractivity contribution in [1.29, 1.82) is 0 Å². The third-order valence-electron chi connectivity index (χ3n) is 4.66. The molecule has 1 amide bonds. The fourth-order valence-electron chi connectivity index (χ4n) is 3.15. The van der Waals surface area contributed by atoms with E-state index in [1.165, 1.54) is 41.3 Å². The molecule has 3 rings (SSSR count). The summed E-state index contributed by atoms with van der Waals surface area (Å²) in [5.41, 5.74) is 0.284. The van der Waals surface area contributed by atoms with Crippen molar-refractivity contribution in [3.8, 4) is 0 Å². The van der Waals surface area contributed by atoms with E-state index in [1.807, 2.05) is 0 Å². The SMILES string of the molecule is O=C(c1cccc(NS(=O)(=O)c2ccc(Br)cc2)c1)N1CCCC(C(F)(F)F)C1. The van der Waals surface area contributed by atoms with Gasteiger partial charge in [0, 0.05) is 28.8 Å². The standard InChI is InChI=1S/C19H18BrF3N2O3S/c20-15-6-8-17(9-7-15)29(27,28)24-16-5-1-3-13(11-16)18(26)25-10-2-4-14(12-25)19(21,22)23/h1,3,5-9,11,14,24H,2,4,10,12H2. The number of hydrogen-bond acceptors (Lipinski definition) is 3. The molecular formula is C19H18BrF3N2O3S. The van der Waals surface area contributed by atoms with E-state index in [2.05, 4.69) is 20.7 Å². The predicted octanol–water partition coefficient (Wildman–Crippen LogP) is 4.66. The molecular weight excluding hydrogens is 473 g/mol. The smallest absolute Gasteiger partial charge is 0.338 e. The minimum atomic E-state index is -4.35. The number of halogens is 4. The molecule has 1 fully saturated rings. The zero-order valence-electron chi connectivity index (χ0n) is 15.1. The maximum Gasteiger partial charge on any atom is 0.393 e. The number of alkyl halides is 3. The minimum absolute atomic E-state index is 0.000306. The van der Waals surface area contributed by atoms with Crippen LogP contribution in [-0.4, -0.2) is 38.5 Å². The molecule has 10 heteroatoms. The molecule has 0 radical (unpaired) electrons. The number of nitrogens with zero attached hydrogens (tertiary/aromatic N) is 1. The molecule has 2 aromatic carbocycles. The van der Waals surface area contributed by atoms with E-state index in [9.17, 15) is 26.4 Å². The van der Waals surface area contributed by atoms with Crippen molar-refractivity contribution in [2.24, 2.45) is 5.92 Å². The van der Waals surface area contributed by atoms with Gasteiger partial charge in [-0.2, -0.15) is 13.2 Å². The Balaban J connectivity index is 1.77. The van der Waals surface area contributed by atoms with Crippen molar-refractivity contribution < 1.29 is 26.4 Å². The molecule has 2 aromatic rings. The van der Waals surface area contributed by atoms with Crippen LogP contribution in [0.25, 0.3) is 0 Å². The van der Waals surface area contributed by atoms with Crippen LogP contribution < -0.4 is 4.72 Å². The van der Waals surface area contributed by atoms with Crippen molar-refractivity contribution in [3.63, 3.8) is 0 Å². The topological polar surface area (TPSA) is 66.5 Å². The zero-order valence-corrected chi connectivity index (χ0v) is 17.5. The number of anilines is 1. The lowest BCUT2D eigenvalue weighted by Gasteiger charge is -2.33. The number of amides is 1. The van der Waals surface area contributed by atoms with E-state index in [1.54, 1.807) is 12.1 Å². The molecule has 1 unspecified atom stereocenters. The van der Waals surface area contributed by atoms with Crippen LogP contribution in [0.4, 0.5) is 18.9 Å². The summed E-state index contributed by atoms with van der Waals surface area (Å²) < 4.78 is 67.1. The first kappa shape index (κ1) is 21.6. The number of benzene rings is 2. The molecule has 0 bridgehead atoms. The van der Waals surface area contributed by atoms with Crippen LogP contribution in [0.5, 0.6) is 0 Å². The first-order chi connectivity index (χ1) is 13.6. The van der Waals surface area contributed by atoms with Crippen molar-refractivity contribution in [2.45, 2.75) is 23.9 Å². The van der Waals surface area contributed by atoms with Gasteiger partial charge < -0.3 is 4.90 Å². The van der Waals surface area contributed by atoms with Crippen molar-refractivity contribution in [2.75, 3.05) is 17.8 Å². The lowest BCUT2D eigenvalue weighted by atomic mass is 9.97. The fourth-order valence-corrected chi connectivity index (χ4v) is 4.47. The van der Waals surface area contributed by atoms with Crippen LogP contribution in [0.1, 0.15) is 23.2 Å². The number of piperidine rings is 1. The number of hydrogen-bond donors (Lipinski definition) is 1. The van der Waals surface area contributed by atoms with Crippen LogP contribution in [0.15, 0.2) is 57.9 Å². The highest BCUT2D eigenvalue weighted by Crippen LogP contribution is 2.33. The predicted molar refractivity (Wildman–Crippen MR) is 106 cm³/mol. The summed E-state index contributed by atoms with van der Waals surface area (Å²) in [6, 6.07) is 11.8. The van der Waals surface area contributed by atoms with Gasteiger partial charge in [0.25, 0.3) is 15.9 Å². The second-order valence-corrected chi connectivity index (χ2v) is 9.37. The fraction of sp³-hybridized carbons (Fsp3) is 0.316. The molecule has 0 spiro atoms. The quantitative estimate of drug-likeness (QED) is 0.677. The first-order valence-corrected chi connectivity index (χ1v) is 11.1. The molecule has 156 valence electrons. The summed E-state index contributed by atoms with van der Waals surface area (Å²) in [6.07, 6.45) is -4.08. The number of rotatable bonds is 4. The minimum Gasteiger partial charge on any atom is -0.338 e. The van der Waals surface area contributed by atoms with Gasteiger partial charge in [0.1, 0.15) is 0 Å². The van der Waals surface area contributed by atoms with Crippen LogP contribution in [0.3, 0.4) is 0 Å². The van der Waals surface area contributed by atoms with E-state index in [0.717, 1.165) is 4.47 Å². The Hall–Kier alpha value is -2.07. The summed E-state index contributed by atoms with van der Waals surface area (Å²) in [6.45, 7) is -0.155. The van der Waals surface area contributed by atoms with Crippen LogP contribution >= 0.6 is 15.9 Å². The number of sulfonamides is 1. The Morgan fingerprint density at radius 1 is 1.14 bits per heavy atom. The first-order valence-electron chi connectivity index (χ1n) is 8.81. The Kier molecular flexibility index (Phi) is 6.23. The Morgan fingerprint density at radius 2 is 1.83 bits per heavy atom. The average molecular weight is 491 g/mol. The number of carbonyl (C=O) groups is 1. The molecule has 1 atom stereocenters. The van der Waals surface area contributed by atoms with Crippen LogP contribution in [0.2, 0.25) is 0 Å². The third-order valence-corrected chi connectivity index (χ3v) is 6.58. The Labute approximate surface area is 175 Å². The summed E-state index contributed by atoms with van der Waals surface area (Å²) in [7, 11) is -3.87. The second-order valence-electron chi connectivity index (χ2n) is 6.77. The molecule has 29 heavy (non-hydrogen) atoms. The molecule has 0 saturated carbocycles. The molecule has 5 nitrogen and oxygen atoms in total. The van der Waals surface area contributed by atoms with Gasteiger partial charge in [-0.3, -0.25) is 9.52 Å². The van der Waals surface area contributed by atoms with Gasteiger partial charge in [-0.25, -0.2) is 8.42 Å². The van der Waals surface area contributed by atoms with Gasteiger partial charge >= 0.3 is 6.18 Å². The monoisotopic (exact) mass is 490 g/mol.